The van der Waals surface area contributed by atoms with Gasteiger partial charge in [0.2, 0.25) is 0 Å². The standard InChI is InChI=1S/C26H29N3O5S/c1-17-6-5-7-21(14-17)35(32,33)29-16-20(10-13-25(30)31)34-23-11-9-19(15-22(23)29)26-18(2)8-12-24(27-26)28(3)4/h5-9,11-12,14-15,20H,10,13,16H2,1-4H3,(H,30,31)/t20-/m0/s1. The summed E-state index contributed by atoms with van der Waals surface area (Å²) in [4.78, 5) is 18.0. The molecule has 0 aliphatic carbocycles. The van der Waals surface area contributed by atoms with E-state index in [9.17, 15) is 13.2 Å². The highest BCUT2D eigenvalue weighted by Crippen LogP contribution is 2.41. The number of aryl methyl sites for hydroxylation is 2. The summed E-state index contributed by atoms with van der Waals surface area (Å²) >= 11 is 0. The number of fused-ring (bicyclic) bond motifs is 1. The van der Waals surface area contributed by atoms with Gasteiger partial charge in [0.05, 0.1) is 22.8 Å². The van der Waals surface area contributed by atoms with Crippen LogP contribution in [0, 0.1) is 13.8 Å². The van der Waals surface area contributed by atoms with E-state index in [1.807, 2.05) is 57.1 Å². The van der Waals surface area contributed by atoms with Crippen molar-refractivity contribution in [1.29, 1.82) is 0 Å². The van der Waals surface area contributed by atoms with Gasteiger partial charge in [0, 0.05) is 26.1 Å². The van der Waals surface area contributed by atoms with Gasteiger partial charge in [-0.15, -0.1) is 0 Å². The summed E-state index contributed by atoms with van der Waals surface area (Å²) in [5, 5.41) is 9.13. The maximum atomic E-state index is 13.8. The van der Waals surface area contributed by atoms with Crippen molar-refractivity contribution in [3.63, 3.8) is 0 Å². The van der Waals surface area contributed by atoms with Gasteiger partial charge in [-0.25, -0.2) is 13.4 Å². The SMILES string of the molecule is Cc1cccc(S(=O)(=O)N2C[C@H](CCC(=O)O)Oc3ccc(-c4nc(N(C)C)ccc4C)cc32)c1. The monoisotopic (exact) mass is 495 g/mol. The zero-order chi connectivity index (χ0) is 25.3. The fourth-order valence-electron chi connectivity index (χ4n) is 4.08. The molecule has 1 aromatic heterocycles. The first-order chi connectivity index (χ1) is 16.6. The van der Waals surface area contributed by atoms with Crippen molar-refractivity contribution >= 4 is 27.5 Å². The molecule has 0 radical (unpaired) electrons. The average molecular weight is 496 g/mol. The molecule has 1 aliphatic heterocycles. The van der Waals surface area contributed by atoms with Crippen LogP contribution in [0.15, 0.2) is 59.5 Å². The van der Waals surface area contributed by atoms with Crippen molar-refractivity contribution in [3.8, 4) is 17.0 Å². The minimum Gasteiger partial charge on any atom is -0.486 e. The summed E-state index contributed by atoms with van der Waals surface area (Å²) in [5.41, 5.74) is 3.71. The molecule has 0 saturated carbocycles. The highest BCUT2D eigenvalue weighted by Gasteiger charge is 2.35. The number of hydrogen-bond acceptors (Lipinski definition) is 6. The number of ether oxygens (including phenoxy) is 1. The van der Waals surface area contributed by atoms with Crippen molar-refractivity contribution in [2.24, 2.45) is 0 Å². The van der Waals surface area contributed by atoms with Gasteiger partial charge in [-0.3, -0.25) is 9.10 Å². The van der Waals surface area contributed by atoms with E-state index in [1.165, 1.54) is 4.31 Å². The molecule has 0 amide bonds. The second-order valence-corrected chi connectivity index (χ2v) is 10.8. The van der Waals surface area contributed by atoms with Crippen molar-refractivity contribution in [1.82, 2.24) is 4.98 Å². The van der Waals surface area contributed by atoms with Crippen LogP contribution in [-0.4, -0.2) is 51.2 Å². The van der Waals surface area contributed by atoms with Crippen LogP contribution in [0.25, 0.3) is 11.3 Å². The maximum absolute atomic E-state index is 13.8. The topological polar surface area (TPSA) is 100 Å². The number of pyridine rings is 1. The van der Waals surface area contributed by atoms with Gasteiger partial charge in [0.25, 0.3) is 10.0 Å². The molecule has 0 bridgehead atoms. The molecule has 1 atom stereocenters. The van der Waals surface area contributed by atoms with Gasteiger partial charge in [0.15, 0.2) is 0 Å². The lowest BCUT2D eigenvalue weighted by atomic mass is 10.0. The minimum absolute atomic E-state index is 0.0180. The number of carboxylic acid groups (broad SMARTS) is 1. The number of rotatable bonds is 7. The first kappa shape index (κ1) is 24.5. The molecule has 8 nitrogen and oxygen atoms in total. The van der Waals surface area contributed by atoms with Crippen LogP contribution in [-0.2, 0) is 14.8 Å². The number of aromatic nitrogens is 1. The Labute approximate surface area is 205 Å². The Balaban J connectivity index is 1.83. The summed E-state index contributed by atoms with van der Waals surface area (Å²) in [5.74, 6) is 0.232. The number of hydrogen-bond donors (Lipinski definition) is 1. The van der Waals surface area contributed by atoms with Gasteiger partial charge >= 0.3 is 5.97 Å². The quantitative estimate of drug-likeness (QED) is 0.523. The summed E-state index contributed by atoms with van der Waals surface area (Å²) in [6.07, 6.45) is -0.500. The predicted octanol–water partition coefficient (Wildman–Crippen LogP) is 4.25. The largest absolute Gasteiger partial charge is 0.486 e. The fourth-order valence-corrected chi connectivity index (χ4v) is 5.69. The molecular formula is C26H29N3O5S. The molecule has 0 unspecified atom stereocenters. The third-order valence-electron chi connectivity index (χ3n) is 5.96. The van der Waals surface area contributed by atoms with Crippen LogP contribution in [0.5, 0.6) is 5.75 Å². The molecule has 9 heteroatoms. The van der Waals surface area contributed by atoms with E-state index in [1.54, 1.807) is 30.3 Å². The molecule has 35 heavy (non-hydrogen) atoms. The third kappa shape index (κ3) is 5.09. The van der Waals surface area contributed by atoms with Gasteiger partial charge in [-0.1, -0.05) is 18.2 Å². The molecule has 3 aromatic rings. The number of anilines is 2. The Bertz CT molecular complexity index is 1370. The zero-order valence-electron chi connectivity index (χ0n) is 20.2. The molecule has 1 N–H and O–H groups in total. The van der Waals surface area contributed by atoms with Crippen LogP contribution in [0.1, 0.15) is 24.0 Å². The van der Waals surface area contributed by atoms with Gasteiger partial charge in [0.1, 0.15) is 17.7 Å². The summed E-state index contributed by atoms with van der Waals surface area (Å²) < 4.78 is 34.9. The number of nitrogens with zero attached hydrogens (tertiary/aromatic N) is 3. The molecule has 0 fully saturated rings. The summed E-state index contributed by atoms with van der Waals surface area (Å²) in [6.45, 7) is 3.82. The van der Waals surface area contributed by atoms with Crippen molar-refractivity contribution < 1.29 is 23.1 Å². The molecule has 0 spiro atoms. The Morgan fingerprint density at radius 1 is 1.14 bits per heavy atom. The normalized spacial score (nSPS) is 15.3. The summed E-state index contributed by atoms with van der Waals surface area (Å²) in [6, 6.07) is 16.0. The Morgan fingerprint density at radius 2 is 1.91 bits per heavy atom. The van der Waals surface area contributed by atoms with E-state index < -0.39 is 22.1 Å². The molecule has 4 rings (SSSR count). The van der Waals surface area contributed by atoms with Gasteiger partial charge in [-0.2, -0.15) is 0 Å². The van der Waals surface area contributed by atoms with E-state index in [4.69, 9.17) is 14.8 Å². The van der Waals surface area contributed by atoms with Crippen LogP contribution < -0.4 is 13.9 Å². The van der Waals surface area contributed by atoms with E-state index in [2.05, 4.69) is 0 Å². The molecule has 1 aliphatic rings. The summed E-state index contributed by atoms with van der Waals surface area (Å²) in [7, 11) is -0.0983. The Morgan fingerprint density at radius 3 is 2.60 bits per heavy atom. The molecule has 2 heterocycles. The van der Waals surface area contributed by atoms with E-state index >= 15 is 0 Å². The lowest BCUT2D eigenvalue weighted by Gasteiger charge is -2.35. The lowest BCUT2D eigenvalue weighted by Crippen LogP contribution is -2.43. The van der Waals surface area contributed by atoms with Crippen LogP contribution in [0.3, 0.4) is 0 Å². The van der Waals surface area contributed by atoms with Crippen molar-refractivity contribution in [2.75, 3.05) is 29.8 Å². The van der Waals surface area contributed by atoms with Gasteiger partial charge < -0.3 is 14.7 Å². The van der Waals surface area contributed by atoms with Gasteiger partial charge in [-0.05, 0) is 67.8 Å². The van der Waals surface area contributed by atoms with E-state index in [0.29, 0.717) is 11.4 Å². The molecule has 0 saturated heterocycles. The smallest absolute Gasteiger partial charge is 0.303 e. The van der Waals surface area contributed by atoms with Crippen LogP contribution in [0.2, 0.25) is 0 Å². The Kier molecular flexibility index (Phi) is 6.71. The minimum atomic E-state index is -3.92. The molecular weight excluding hydrogens is 466 g/mol. The number of carboxylic acids is 1. The molecule has 2 aromatic carbocycles. The Hall–Kier alpha value is -3.59. The highest BCUT2D eigenvalue weighted by atomic mass is 32.2. The number of benzene rings is 2. The van der Waals surface area contributed by atoms with Crippen molar-refractivity contribution in [3.05, 3.63) is 65.7 Å². The first-order valence-electron chi connectivity index (χ1n) is 11.3. The maximum Gasteiger partial charge on any atom is 0.303 e. The highest BCUT2D eigenvalue weighted by molar-refractivity contribution is 7.92. The first-order valence-corrected chi connectivity index (χ1v) is 12.8. The van der Waals surface area contributed by atoms with Crippen LogP contribution in [0.4, 0.5) is 11.5 Å². The zero-order valence-corrected chi connectivity index (χ0v) is 21.0. The second-order valence-electron chi connectivity index (χ2n) is 8.94. The van der Waals surface area contributed by atoms with Crippen LogP contribution >= 0.6 is 0 Å². The third-order valence-corrected chi connectivity index (χ3v) is 7.74. The average Bonchev–Trinajstić information content (AvgIpc) is 2.82. The number of carbonyl (C=O) groups is 1. The van der Waals surface area contributed by atoms with E-state index in [0.717, 1.165) is 28.2 Å². The van der Waals surface area contributed by atoms with E-state index in [-0.39, 0.29) is 24.3 Å². The fraction of sp³-hybridized carbons (Fsp3) is 0.308. The predicted molar refractivity (Wildman–Crippen MR) is 136 cm³/mol. The molecule has 184 valence electrons. The van der Waals surface area contributed by atoms with Crippen molar-refractivity contribution in [2.45, 2.75) is 37.7 Å². The second kappa shape index (κ2) is 9.58. The number of aliphatic carboxylic acids is 1. The lowest BCUT2D eigenvalue weighted by molar-refractivity contribution is -0.137. The number of sulfonamides is 1.